The van der Waals surface area contributed by atoms with Crippen LogP contribution in [0.5, 0.6) is 5.75 Å². The first-order valence-corrected chi connectivity index (χ1v) is 7.42. The third-order valence-electron chi connectivity index (χ3n) is 3.05. The highest BCUT2D eigenvalue weighted by molar-refractivity contribution is 5.27. The van der Waals surface area contributed by atoms with Gasteiger partial charge < -0.3 is 15.4 Å². The number of nitrogens with one attached hydrogen (secondary N) is 2. The molecule has 0 saturated carbocycles. The SMILES string of the molecule is CCCCOc1ccc(CNC(C)CNCC)cc1. The summed E-state index contributed by atoms with van der Waals surface area (Å²) in [5.41, 5.74) is 1.30. The number of hydrogen-bond acceptors (Lipinski definition) is 3. The lowest BCUT2D eigenvalue weighted by Gasteiger charge is -2.14. The van der Waals surface area contributed by atoms with Gasteiger partial charge in [-0.3, -0.25) is 0 Å². The van der Waals surface area contributed by atoms with Crippen molar-refractivity contribution in [3.05, 3.63) is 29.8 Å². The van der Waals surface area contributed by atoms with Crippen LogP contribution in [0, 0.1) is 0 Å². The van der Waals surface area contributed by atoms with Crippen LogP contribution in [0.4, 0.5) is 0 Å². The summed E-state index contributed by atoms with van der Waals surface area (Å²) in [5, 5.41) is 6.84. The van der Waals surface area contributed by atoms with Gasteiger partial charge in [0.05, 0.1) is 6.61 Å². The lowest BCUT2D eigenvalue weighted by atomic mass is 10.2. The first-order valence-electron chi connectivity index (χ1n) is 7.42. The van der Waals surface area contributed by atoms with E-state index in [0.29, 0.717) is 6.04 Å². The minimum Gasteiger partial charge on any atom is -0.494 e. The monoisotopic (exact) mass is 264 g/mol. The number of rotatable bonds is 10. The fourth-order valence-corrected chi connectivity index (χ4v) is 1.76. The van der Waals surface area contributed by atoms with Gasteiger partial charge in [-0.05, 0) is 37.6 Å². The van der Waals surface area contributed by atoms with Crippen molar-refractivity contribution in [3.63, 3.8) is 0 Å². The molecule has 108 valence electrons. The minimum absolute atomic E-state index is 0.487. The topological polar surface area (TPSA) is 33.3 Å². The molecule has 2 N–H and O–H groups in total. The summed E-state index contributed by atoms with van der Waals surface area (Å²) in [6.07, 6.45) is 2.29. The lowest BCUT2D eigenvalue weighted by molar-refractivity contribution is 0.309. The Morgan fingerprint density at radius 1 is 1.16 bits per heavy atom. The number of hydrogen-bond donors (Lipinski definition) is 2. The van der Waals surface area contributed by atoms with E-state index in [2.05, 4.69) is 55.7 Å². The minimum atomic E-state index is 0.487. The summed E-state index contributed by atoms with van der Waals surface area (Å²) in [4.78, 5) is 0. The maximum absolute atomic E-state index is 5.65. The highest BCUT2D eigenvalue weighted by Crippen LogP contribution is 2.12. The zero-order valence-corrected chi connectivity index (χ0v) is 12.5. The van der Waals surface area contributed by atoms with Crippen molar-refractivity contribution in [1.82, 2.24) is 10.6 Å². The Hall–Kier alpha value is -1.06. The molecule has 19 heavy (non-hydrogen) atoms. The molecule has 0 bridgehead atoms. The van der Waals surface area contributed by atoms with Crippen LogP contribution in [0.15, 0.2) is 24.3 Å². The van der Waals surface area contributed by atoms with Gasteiger partial charge in [0.15, 0.2) is 0 Å². The highest BCUT2D eigenvalue weighted by atomic mass is 16.5. The summed E-state index contributed by atoms with van der Waals surface area (Å²) in [6, 6.07) is 8.87. The fourth-order valence-electron chi connectivity index (χ4n) is 1.76. The molecule has 0 fully saturated rings. The van der Waals surface area contributed by atoms with E-state index in [0.717, 1.165) is 38.4 Å². The smallest absolute Gasteiger partial charge is 0.119 e. The van der Waals surface area contributed by atoms with Crippen LogP contribution in [0.2, 0.25) is 0 Å². The molecule has 3 nitrogen and oxygen atoms in total. The lowest BCUT2D eigenvalue weighted by Crippen LogP contribution is -2.35. The van der Waals surface area contributed by atoms with Gasteiger partial charge in [-0.2, -0.15) is 0 Å². The molecule has 0 heterocycles. The van der Waals surface area contributed by atoms with Gasteiger partial charge in [-0.25, -0.2) is 0 Å². The molecule has 1 aromatic rings. The largest absolute Gasteiger partial charge is 0.494 e. The van der Waals surface area contributed by atoms with Crippen LogP contribution < -0.4 is 15.4 Å². The fraction of sp³-hybridized carbons (Fsp3) is 0.625. The molecule has 1 rings (SSSR count). The number of ether oxygens (including phenoxy) is 1. The van der Waals surface area contributed by atoms with E-state index >= 15 is 0 Å². The van der Waals surface area contributed by atoms with Gasteiger partial charge in [0.25, 0.3) is 0 Å². The molecule has 1 aromatic carbocycles. The van der Waals surface area contributed by atoms with Crippen molar-refractivity contribution >= 4 is 0 Å². The van der Waals surface area contributed by atoms with E-state index in [1.807, 2.05) is 0 Å². The maximum atomic E-state index is 5.65. The van der Waals surface area contributed by atoms with Crippen molar-refractivity contribution in [2.24, 2.45) is 0 Å². The third-order valence-corrected chi connectivity index (χ3v) is 3.05. The van der Waals surface area contributed by atoms with Crippen molar-refractivity contribution < 1.29 is 4.74 Å². The molecule has 0 saturated heterocycles. The molecule has 1 unspecified atom stereocenters. The standard InChI is InChI=1S/C16H28N2O/c1-4-6-11-19-16-9-7-15(8-10-16)13-18-14(3)12-17-5-2/h7-10,14,17-18H,4-6,11-13H2,1-3H3. The number of benzene rings is 1. The second kappa shape index (κ2) is 9.82. The Morgan fingerprint density at radius 2 is 1.89 bits per heavy atom. The van der Waals surface area contributed by atoms with E-state index in [9.17, 15) is 0 Å². The molecule has 0 aliphatic carbocycles. The normalized spacial score (nSPS) is 12.4. The van der Waals surface area contributed by atoms with E-state index in [-0.39, 0.29) is 0 Å². The summed E-state index contributed by atoms with van der Waals surface area (Å²) in [5.74, 6) is 0.970. The van der Waals surface area contributed by atoms with Gasteiger partial charge in [-0.15, -0.1) is 0 Å². The molecule has 0 amide bonds. The van der Waals surface area contributed by atoms with Crippen molar-refractivity contribution in [1.29, 1.82) is 0 Å². The summed E-state index contributed by atoms with van der Waals surface area (Å²) in [6.45, 7) is 10.3. The van der Waals surface area contributed by atoms with Crippen LogP contribution in [-0.2, 0) is 6.54 Å². The van der Waals surface area contributed by atoms with Crippen molar-refractivity contribution in [2.45, 2.75) is 46.2 Å². The number of likely N-dealkylation sites (N-methyl/N-ethyl adjacent to an activating group) is 1. The van der Waals surface area contributed by atoms with Gasteiger partial charge in [-0.1, -0.05) is 32.4 Å². The second-order valence-corrected chi connectivity index (χ2v) is 4.94. The first kappa shape index (κ1) is 16.0. The van der Waals surface area contributed by atoms with E-state index in [4.69, 9.17) is 4.74 Å². The molecule has 1 atom stereocenters. The average molecular weight is 264 g/mol. The van der Waals surface area contributed by atoms with Crippen LogP contribution in [0.1, 0.15) is 39.2 Å². The van der Waals surface area contributed by atoms with E-state index in [1.54, 1.807) is 0 Å². The predicted octanol–water partition coefficient (Wildman–Crippen LogP) is 2.95. The summed E-state index contributed by atoms with van der Waals surface area (Å²) in [7, 11) is 0. The molecule has 0 aromatic heterocycles. The molecule has 3 heteroatoms. The Bertz CT molecular complexity index is 324. The predicted molar refractivity (Wildman–Crippen MR) is 81.7 cm³/mol. The van der Waals surface area contributed by atoms with Gasteiger partial charge in [0.2, 0.25) is 0 Å². The van der Waals surface area contributed by atoms with E-state index < -0.39 is 0 Å². The molecule has 0 spiro atoms. The Balaban J connectivity index is 2.27. The summed E-state index contributed by atoms with van der Waals surface area (Å²) < 4.78 is 5.65. The Labute approximate surface area is 117 Å². The zero-order valence-electron chi connectivity index (χ0n) is 12.5. The Kier molecular flexibility index (Phi) is 8.26. The van der Waals surface area contributed by atoms with Crippen LogP contribution in [0.3, 0.4) is 0 Å². The molecule has 0 radical (unpaired) electrons. The third kappa shape index (κ3) is 7.19. The van der Waals surface area contributed by atoms with E-state index in [1.165, 1.54) is 12.0 Å². The van der Waals surface area contributed by atoms with Crippen molar-refractivity contribution in [2.75, 3.05) is 19.7 Å². The Morgan fingerprint density at radius 3 is 2.53 bits per heavy atom. The molecular weight excluding hydrogens is 236 g/mol. The molecule has 0 aliphatic heterocycles. The highest BCUT2D eigenvalue weighted by Gasteiger charge is 2.01. The summed E-state index contributed by atoms with van der Waals surface area (Å²) >= 11 is 0. The molecular formula is C16H28N2O. The van der Waals surface area contributed by atoms with Crippen molar-refractivity contribution in [3.8, 4) is 5.75 Å². The van der Waals surface area contributed by atoms with Crippen LogP contribution in [-0.4, -0.2) is 25.7 Å². The van der Waals surface area contributed by atoms with Gasteiger partial charge in [0.1, 0.15) is 5.75 Å². The second-order valence-electron chi connectivity index (χ2n) is 4.94. The zero-order chi connectivity index (χ0) is 13.9. The average Bonchev–Trinajstić information content (AvgIpc) is 2.44. The van der Waals surface area contributed by atoms with Gasteiger partial charge in [0, 0.05) is 19.1 Å². The quantitative estimate of drug-likeness (QED) is 0.637. The van der Waals surface area contributed by atoms with Crippen LogP contribution >= 0.6 is 0 Å². The number of unbranched alkanes of at least 4 members (excludes halogenated alkanes) is 1. The van der Waals surface area contributed by atoms with Crippen LogP contribution in [0.25, 0.3) is 0 Å². The maximum Gasteiger partial charge on any atom is 0.119 e. The molecule has 0 aliphatic rings. The van der Waals surface area contributed by atoms with Gasteiger partial charge >= 0.3 is 0 Å². The first-order chi connectivity index (χ1) is 9.26.